The first-order chi connectivity index (χ1) is 6.20. The van der Waals surface area contributed by atoms with Crippen molar-refractivity contribution in [1.29, 1.82) is 5.26 Å². The lowest BCUT2D eigenvalue weighted by atomic mass is 10.1. The zero-order chi connectivity index (χ0) is 9.84. The molecular formula is C8H5ClN2O2. The summed E-state index contributed by atoms with van der Waals surface area (Å²) in [6.07, 6.45) is 1.33. The van der Waals surface area contributed by atoms with Gasteiger partial charge in [0.05, 0.1) is 11.1 Å². The highest BCUT2D eigenvalue weighted by atomic mass is 35.5. The maximum atomic E-state index is 11.1. The minimum Gasteiger partial charge on any atom is -0.388 e. The van der Waals surface area contributed by atoms with Crippen molar-refractivity contribution in [1.82, 2.24) is 4.98 Å². The number of nitrogens with zero attached hydrogens (tertiary/aromatic N) is 2. The van der Waals surface area contributed by atoms with Gasteiger partial charge in [0.15, 0.2) is 5.78 Å². The maximum Gasteiger partial charge on any atom is 0.192 e. The highest BCUT2D eigenvalue weighted by Crippen LogP contribution is 2.16. The van der Waals surface area contributed by atoms with Crippen LogP contribution in [0, 0.1) is 11.3 Å². The van der Waals surface area contributed by atoms with Crippen molar-refractivity contribution in [2.24, 2.45) is 0 Å². The van der Waals surface area contributed by atoms with Crippen molar-refractivity contribution in [3.63, 3.8) is 0 Å². The van der Waals surface area contributed by atoms with Gasteiger partial charge in [-0.25, -0.2) is 4.98 Å². The largest absolute Gasteiger partial charge is 0.388 e. The number of hydrogen-bond acceptors (Lipinski definition) is 4. The number of carbonyl (C=O) groups is 1. The first-order valence-corrected chi connectivity index (χ1v) is 3.77. The molecule has 0 amide bonds. The number of Topliss-reactive ketones (excluding diaryl/α,β-unsaturated/α-hetero) is 1. The zero-order valence-electron chi connectivity index (χ0n) is 6.49. The van der Waals surface area contributed by atoms with E-state index in [1.165, 1.54) is 12.3 Å². The fraction of sp³-hybridized carbons (Fsp3) is 0.125. The van der Waals surface area contributed by atoms with Crippen LogP contribution in [0.3, 0.4) is 0 Å². The molecule has 0 aliphatic carbocycles. The van der Waals surface area contributed by atoms with Crippen LogP contribution in [-0.4, -0.2) is 22.5 Å². The summed E-state index contributed by atoms with van der Waals surface area (Å²) >= 11 is 5.59. The molecule has 66 valence electrons. The summed E-state index contributed by atoms with van der Waals surface area (Å²) in [5, 5.41) is 17.1. The number of rotatable bonds is 2. The predicted molar refractivity (Wildman–Crippen MR) is 45.4 cm³/mol. The van der Waals surface area contributed by atoms with Crippen LogP contribution in [0.25, 0.3) is 0 Å². The molecule has 0 bridgehead atoms. The van der Waals surface area contributed by atoms with Gasteiger partial charge in [-0.1, -0.05) is 11.6 Å². The second kappa shape index (κ2) is 3.99. The second-order valence-electron chi connectivity index (χ2n) is 2.22. The maximum absolute atomic E-state index is 11.1. The molecule has 0 unspecified atom stereocenters. The van der Waals surface area contributed by atoms with Gasteiger partial charge in [0.25, 0.3) is 0 Å². The summed E-state index contributed by atoms with van der Waals surface area (Å²) in [4.78, 5) is 14.7. The van der Waals surface area contributed by atoms with Crippen molar-refractivity contribution in [2.75, 3.05) is 6.61 Å². The molecular weight excluding hydrogens is 192 g/mol. The third-order valence-corrected chi connectivity index (χ3v) is 1.73. The Kier molecular flexibility index (Phi) is 2.96. The molecule has 0 aliphatic rings. The van der Waals surface area contributed by atoms with Gasteiger partial charge >= 0.3 is 0 Å². The van der Waals surface area contributed by atoms with Crippen molar-refractivity contribution < 1.29 is 9.90 Å². The van der Waals surface area contributed by atoms with E-state index in [9.17, 15) is 4.79 Å². The van der Waals surface area contributed by atoms with Gasteiger partial charge in [-0.2, -0.15) is 5.26 Å². The van der Waals surface area contributed by atoms with E-state index in [0.717, 1.165) is 0 Å². The van der Waals surface area contributed by atoms with Crippen LogP contribution in [-0.2, 0) is 0 Å². The van der Waals surface area contributed by atoms with E-state index in [1.807, 2.05) is 0 Å². The molecule has 4 nitrogen and oxygen atoms in total. The van der Waals surface area contributed by atoms with Gasteiger partial charge in [-0.15, -0.1) is 0 Å². The number of aliphatic hydroxyl groups is 1. The summed E-state index contributed by atoms with van der Waals surface area (Å²) in [6.45, 7) is -0.680. The van der Waals surface area contributed by atoms with Crippen LogP contribution >= 0.6 is 11.6 Å². The van der Waals surface area contributed by atoms with Crippen LogP contribution in [0.2, 0.25) is 5.15 Å². The molecule has 0 saturated carbocycles. The van der Waals surface area contributed by atoms with E-state index in [2.05, 4.69) is 4.98 Å². The molecule has 1 aromatic heterocycles. The summed E-state index contributed by atoms with van der Waals surface area (Å²) in [6, 6.07) is 3.17. The van der Waals surface area contributed by atoms with Crippen molar-refractivity contribution in [3.8, 4) is 6.07 Å². The first kappa shape index (κ1) is 9.65. The van der Waals surface area contributed by atoms with Crippen LogP contribution in [0.15, 0.2) is 12.3 Å². The zero-order valence-corrected chi connectivity index (χ0v) is 7.25. The summed E-state index contributed by atoms with van der Waals surface area (Å²) in [5.74, 6) is -0.602. The summed E-state index contributed by atoms with van der Waals surface area (Å²) < 4.78 is 0. The topological polar surface area (TPSA) is 74.0 Å². The summed E-state index contributed by atoms with van der Waals surface area (Å²) in [7, 11) is 0. The number of aromatic nitrogens is 1. The minimum atomic E-state index is -0.680. The smallest absolute Gasteiger partial charge is 0.192 e. The summed E-state index contributed by atoms with van der Waals surface area (Å²) in [5.41, 5.74) is 0.105. The Morgan fingerprint density at radius 1 is 1.77 bits per heavy atom. The molecule has 1 aromatic rings. The number of nitriles is 1. The van der Waals surface area contributed by atoms with Crippen LogP contribution in [0.1, 0.15) is 15.9 Å². The van der Waals surface area contributed by atoms with Gasteiger partial charge in [-0.05, 0) is 6.07 Å². The number of carbonyl (C=O) groups excluding carboxylic acids is 1. The average molecular weight is 197 g/mol. The first-order valence-electron chi connectivity index (χ1n) is 3.39. The molecule has 13 heavy (non-hydrogen) atoms. The van der Waals surface area contributed by atoms with Crippen LogP contribution < -0.4 is 0 Å². The van der Waals surface area contributed by atoms with Crippen molar-refractivity contribution in [3.05, 3.63) is 28.5 Å². The van der Waals surface area contributed by atoms with E-state index in [-0.39, 0.29) is 16.3 Å². The van der Waals surface area contributed by atoms with E-state index < -0.39 is 12.4 Å². The third-order valence-electron chi connectivity index (χ3n) is 1.45. The molecule has 0 radical (unpaired) electrons. The SMILES string of the molecule is N#Cc1ccnc(Cl)c1C(=O)CO. The molecule has 0 spiro atoms. The molecule has 1 heterocycles. The second-order valence-corrected chi connectivity index (χ2v) is 2.58. The third kappa shape index (κ3) is 1.83. The average Bonchev–Trinajstić information content (AvgIpc) is 2.16. The quantitative estimate of drug-likeness (QED) is 0.560. The molecule has 0 fully saturated rings. The lowest BCUT2D eigenvalue weighted by Gasteiger charge is -2.01. The molecule has 0 aromatic carbocycles. The highest BCUT2D eigenvalue weighted by Gasteiger charge is 2.14. The molecule has 1 rings (SSSR count). The number of ketones is 1. The van der Waals surface area contributed by atoms with Crippen LogP contribution in [0.5, 0.6) is 0 Å². The highest BCUT2D eigenvalue weighted by molar-refractivity contribution is 6.33. The van der Waals surface area contributed by atoms with Gasteiger partial charge < -0.3 is 5.11 Å². The Labute approximate surface area is 79.4 Å². The van der Waals surface area contributed by atoms with Gasteiger partial charge in [0, 0.05) is 6.20 Å². The van der Waals surface area contributed by atoms with Crippen molar-refractivity contribution in [2.45, 2.75) is 0 Å². The fourth-order valence-electron chi connectivity index (χ4n) is 0.874. The van der Waals surface area contributed by atoms with E-state index >= 15 is 0 Å². The molecule has 0 aliphatic heterocycles. The number of aliphatic hydroxyl groups excluding tert-OH is 1. The number of hydrogen-bond donors (Lipinski definition) is 1. The number of pyridine rings is 1. The Morgan fingerprint density at radius 3 is 3.00 bits per heavy atom. The molecule has 5 heteroatoms. The minimum absolute atomic E-state index is 0.0193. The molecule has 0 atom stereocenters. The van der Waals surface area contributed by atoms with E-state index in [4.69, 9.17) is 22.0 Å². The Balaban J connectivity index is 3.33. The van der Waals surface area contributed by atoms with Crippen molar-refractivity contribution >= 4 is 17.4 Å². The Morgan fingerprint density at radius 2 is 2.46 bits per heavy atom. The van der Waals surface area contributed by atoms with Gasteiger partial charge in [0.1, 0.15) is 17.8 Å². The fourth-order valence-corrected chi connectivity index (χ4v) is 1.14. The normalized spacial score (nSPS) is 9.31. The monoisotopic (exact) mass is 196 g/mol. The Bertz CT molecular complexity index is 384. The predicted octanol–water partition coefficient (Wildman–Crippen LogP) is 0.782. The van der Waals surface area contributed by atoms with Gasteiger partial charge in [-0.3, -0.25) is 4.79 Å². The standard InChI is InChI=1S/C8H5ClN2O2/c9-8-7(6(13)4-12)5(3-10)1-2-11-8/h1-2,12H,4H2. The number of halogens is 1. The van der Waals surface area contributed by atoms with E-state index in [1.54, 1.807) is 6.07 Å². The molecule has 0 saturated heterocycles. The van der Waals surface area contributed by atoms with E-state index in [0.29, 0.717) is 0 Å². The lowest BCUT2D eigenvalue weighted by Crippen LogP contribution is -2.08. The van der Waals surface area contributed by atoms with Gasteiger partial charge in [0.2, 0.25) is 0 Å². The molecule has 1 N–H and O–H groups in total. The Hall–Kier alpha value is -1.44. The van der Waals surface area contributed by atoms with Crippen LogP contribution in [0.4, 0.5) is 0 Å². The lowest BCUT2D eigenvalue weighted by molar-refractivity contribution is 0.0903.